The fourth-order valence-corrected chi connectivity index (χ4v) is 2.31. The van der Waals surface area contributed by atoms with E-state index < -0.39 is 0 Å². The highest BCUT2D eigenvalue weighted by Gasteiger charge is 2.20. The molecule has 1 aliphatic heterocycles. The van der Waals surface area contributed by atoms with Gasteiger partial charge >= 0.3 is 0 Å². The number of rotatable bonds is 5. The minimum atomic E-state index is 0. The lowest BCUT2D eigenvalue weighted by Gasteiger charge is -2.31. The Hall–Kier alpha value is -0.650. The van der Waals surface area contributed by atoms with Crippen molar-refractivity contribution in [2.75, 3.05) is 20.1 Å². The molecule has 1 unspecified atom stereocenters. The van der Waals surface area contributed by atoms with Gasteiger partial charge in [0.2, 0.25) is 5.89 Å². The lowest BCUT2D eigenvalue weighted by atomic mass is 10.1. The van der Waals surface area contributed by atoms with Gasteiger partial charge in [0, 0.05) is 19.0 Å². The molecular weight excluding hydrogens is 252 g/mol. The summed E-state index contributed by atoms with van der Waals surface area (Å²) in [4.78, 5) is 6.79. The molecule has 0 aromatic carbocycles. The van der Waals surface area contributed by atoms with Gasteiger partial charge in [0.15, 0.2) is 5.82 Å². The molecule has 1 saturated heterocycles. The molecule has 1 fully saturated rings. The zero-order valence-corrected chi connectivity index (χ0v) is 12.0. The summed E-state index contributed by atoms with van der Waals surface area (Å²) in [6.07, 6.45) is 4.46. The molecule has 1 aromatic heterocycles. The second kappa shape index (κ2) is 7.71. The van der Waals surface area contributed by atoms with Crippen molar-refractivity contribution in [1.82, 2.24) is 20.4 Å². The van der Waals surface area contributed by atoms with E-state index >= 15 is 0 Å². The Morgan fingerprint density at radius 1 is 1.50 bits per heavy atom. The molecule has 0 amide bonds. The van der Waals surface area contributed by atoms with Crippen molar-refractivity contribution < 1.29 is 4.52 Å². The lowest BCUT2D eigenvalue weighted by molar-refractivity contribution is 0.167. The van der Waals surface area contributed by atoms with Crippen LogP contribution in [0, 0.1) is 0 Å². The second-order valence-corrected chi connectivity index (χ2v) is 4.72. The van der Waals surface area contributed by atoms with Gasteiger partial charge in [-0.05, 0) is 32.9 Å². The van der Waals surface area contributed by atoms with E-state index in [2.05, 4.69) is 27.3 Å². The van der Waals surface area contributed by atoms with E-state index in [-0.39, 0.29) is 12.4 Å². The molecule has 1 atom stereocenters. The van der Waals surface area contributed by atoms with E-state index in [9.17, 15) is 0 Å². The molecule has 0 saturated carbocycles. The standard InChI is InChI=1S/C12H22N4O.ClH/c1-3-5-11-14-12(17-15-11)9-16-7-4-6-10(8-16)13-2;/h10,13H,3-9H2,1-2H3;1H. The minimum absolute atomic E-state index is 0. The third-order valence-electron chi connectivity index (χ3n) is 3.26. The SMILES string of the molecule is CCCc1noc(CN2CCCC(NC)C2)n1.Cl. The van der Waals surface area contributed by atoms with Crippen LogP contribution in [0.15, 0.2) is 4.52 Å². The number of aromatic nitrogens is 2. The highest BCUT2D eigenvalue weighted by molar-refractivity contribution is 5.85. The number of likely N-dealkylation sites (N-methyl/N-ethyl adjacent to an activating group) is 1. The lowest BCUT2D eigenvalue weighted by Crippen LogP contribution is -2.43. The summed E-state index contributed by atoms with van der Waals surface area (Å²) in [5, 5.41) is 7.32. The summed E-state index contributed by atoms with van der Waals surface area (Å²) in [6.45, 7) is 5.11. The number of nitrogens with zero attached hydrogens (tertiary/aromatic N) is 3. The Bertz CT molecular complexity index is 345. The molecule has 1 aliphatic rings. The van der Waals surface area contributed by atoms with Crippen LogP contribution in [-0.4, -0.2) is 41.2 Å². The van der Waals surface area contributed by atoms with Gasteiger partial charge in [-0.25, -0.2) is 0 Å². The molecule has 6 heteroatoms. The first-order valence-electron chi connectivity index (χ1n) is 6.53. The molecule has 0 aliphatic carbocycles. The normalized spacial score (nSPS) is 20.7. The third-order valence-corrected chi connectivity index (χ3v) is 3.26. The Kier molecular flexibility index (Phi) is 6.60. The van der Waals surface area contributed by atoms with Crippen LogP contribution in [0.1, 0.15) is 37.9 Å². The van der Waals surface area contributed by atoms with Crippen molar-refractivity contribution in [3.05, 3.63) is 11.7 Å². The number of aryl methyl sites for hydroxylation is 1. The number of halogens is 1. The number of hydrogen-bond donors (Lipinski definition) is 1. The first-order valence-corrected chi connectivity index (χ1v) is 6.53. The third kappa shape index (κ3) is 4.23. The molecule has 2 heterocycles. The minimum Gasteiger partial charge on any atom is -0.338 e. The van der Waals surface area contributed by atoms with E-state index in [1.54, 1.807) is 0 Å². The Morgan fingerprint density at radius 3 is 3.06 bits per heavy atom. The summed E-state index contributed by atoms with van der Waals surface area (Å²) >= 11 is 0. The van der Waals surface area contributed by atoms with Crippen molar-refractivity contribution in [3.63, 3.8) is 0 Å². The maximum atomic E-state index is 5.27. The Labute approximate surface area is 115 Å². The van der Waals surface area contributed by atoms with Gasteiger partial charge in [0.25, 0.3) is 0 Å². The van der Waals surface area contributed by atoms with Crippen molar-refractivity contribution in [3.8, 4) is 0 Å². The van der Waals surface area contributed by atoms with Gasteiger partial charge in [-0.3, -0.25) is 4.90 Å². The van der Waals surface area contributed by atoms with Crippen LogP contribution in [0.5, 0.6) is 0 Å². The quantitative estimate of drug-likeness (QED) is 0.884. The van der Waals surface area contributed by atoms with Crippen LogP contribution in [0.3, 0.4) is 0 Å². The van der Waals surface area contributed by atoms with E-state index in [4.69, 9.17) is 4.52 Å². The molecule has 1 aromatic rings. The van der Waals surface area contributed by atoms with Gasteiger partial charge < -0.3 is 9.84 Å². The number of hydrogen-bond acceptors (Lipinski definition) is 5. The smallest absolute Gasteiger partial charge is 0.240 e. The predicted molar refractivity (Wildman–Crippen MR) is 72.9 cm³/mol. The molecule has 0 spiro atoms. The number of likely N-dealkylation sites (tertiary alicyclic amines) is 1. The van der Waals surface area contributed by atoms with Crippen LogP contribution in [0.2, 0.25) is 0 Å². The van der Waals surface area contributed by atoms with Gasteiger partial charge in [0.05, 0.1) is 6.54 Å². The van der Waals surface area contributed by atoms with Crippen molar-refractivity contribution in [1.29, 1.82) is 0 Å². The van der Waals surface area contributed by atoms with Crippen molar-refractivity contribution >= 4 is 12.4 Å². The molecule has 0 bridgehead atoms. The van der Waals surface area contributed by atoms with Gasteiger partial charge in [0.1, 0.15) is 0 Å². The molecule has 2 rings (SSSR count). The number of nitrogens with one attached hydrogen (secondary N) is 1. The van der Waals surface area contributed by atoms with Crippen molar-refractivity contribution in [2.45, 2.75) is 45.2 Å². The van der Waals surface area contributed by atoms with Crippen LogP contribution in [-0.2, 0) is 13.0 Å². The maximum absolute atomic E-state index is 5.27. The highest BCUT2D eigenvalue weighted by atomic mass is 35.5. The Morgan fingerprint density at radius 2 is 2.33 bits per heavy atom. The molecule has 5 nitrogen and oxygen atoms in total. The largest absolute Gasteiger partial charge is 0.338 e. The summed E-state index contributed by atoms with van der Waals surface area (Å²) in [6, 6.07) is 0.599. The van der Waals surface area contributed by atoms with Crippen LogP contribution in [0.4, 0.5) is 0 Å². The average Bonchev–Trinajstić information content (AvgIpc) is 2.77. The van der Waals surface area contributed by atoms with Gasteiger partial charge in [-0.15, -0.1) is 12.4 Å². The first-order chi connectivity index (χ1) is 8.31. The average molecular weight is 275 g/mol. The molecule has 0 radical (unpaired) electrons. The first kappa shape index (κ1) is 15.4. The molecular formula is C12H23ClN4O. The summed E-state index contributed by atoms with van der Waals surface area (Å²) < 4.78 is 5.27. The molecule has 18 heavy (non-hydrogen) atoms. The number of piperidine rings is 1. The van der Waals surface area contributed by atoms with E-state index in [1.165, 1.54) is 12.8 Å². The highest BCUT2D eigenvalue weighted by Crippen LogP contribution is 2.12. The van der Waals surface area contributed by atoms with Crippen LogP contribution >= 0.6 is 12.4 Å². The summed E-state index contributed by atoms with van der Waals surface area (Å²) in [7, 11) is 2.03. The van der Waals surface area contributed by atoms with Crippen LogP contribution < -0.4 is 5.32 Å². The van der Waals surface area contributed by atoms with Crippen LogP contribution in [0.25, 0.3) is 0 Å². The predicted octanol–water partition coefficient (Wildman–Crippen LogP) is 1.63. The van der Waals surface area contributed by atoms with Crippen molar-refractivity contribution in [2.24, 2.45) is 0 Å². The second-order valence-electron chi connectivity index (χ2n) is 4.72. The fourth-order valence-electron chi connectivity index (χ4n) is 2.31. The summed E-state index contributed by atoms with van der Waals surface area (Å²) in [5.41, 5.74) is 0. The monoisotopic (exact) mass is 274 g/mol. The zero-order chi connectivity index (χ0) is 12.1. The maximum Gasteiger partial charge on any atom is 0.240 e. The van der Waals surface area contributed by atoms with E-state index in [1.807, 2.05) is 7.05 Å². The zero-order valence-electron chi connectivity index (χ0n) is 11.2. The molecule has 1 N–H and O–H groups in total. The Balaban J connectivity index is 0.00000162. The topological polar surface area (TPSA) is 54.2 Å². The van der Waals surface area contributed by atoms with E-state index in [0.717, 1.165) is 44.2 Å². The van der Waals surface area contributed by atoms with Gasteiger partial charge in [-0.1, -0.05) is 12.1 Å². The molecule has 104 valence electrons. The fraction of sp³-hybridized carbons (Fsp3) is 0.833. The van der Waals surface area contributed by atoms with Gasteiger partial charge in [-0.2, -0.15) is 4.98 Å². The van der Waals surface area contributed by atoms with E-state index in [0.29, 0.717) is 6.04 Å². The summed E-state index contributed by atoms with van der Waals surface area (Å²) in [5.74, 6) is 1.59.